The zero-order valence-corrected chi connectivity index (χ0v) is 7.40. The first-order valence-electron chi connectivity index (χ1n) is 4.19. The van der Waals surface area contributed by atoms with Gasteiger partial charge in [0.05, 0.1) is 11.6 Å². The molecule has 0 bridgehead atoms. The predicted octanol–water partition coefficient (Wildman–Crippen LogP) is 2.74. The van der Waals surface area contributed by atoms with Crippen LogP contribution in [0.1, 0.15) is 25.7 Å². The normalized spacial score (nSPS) is 24.3. The van der Waals surface area contributed by atoms with Crippen LogP contribution in [-0.4, -0.2) is 19.0 Å². The summed E-state index contributed by atoms with van der Waals surface area (Å²) in [5, 5.41) is 3.65. The first-order chi connectivity index (χ1) is 6.04. The quantitative estimate of drug-likeness (QED) is 0.589. The number of alkyl halides is 3. The molecular formula is C8H12F3NO. The predicted molar refractivity (Wildman–Crippen MR) is 42.5 cm³/mol. The molecule has 13 heavy (non-hydrogen) atoms. The Balaban J connectivity index is 2.44. The van der Waals surface area contributed by atoms with Crippen LogP contribution in [0.4, 0.5) is 13.2 Å². The molecule has 1 aliphatic carbocycles. The third-order valence-corrected chi connectivity index (χ3v) is 2.25. The van der Waals surface area contributed by atoms with Crippen molar-refractivity contribution >= 4 is 5.71 Å². The molecule has 0 heterocycles. The molecule has 1 aliphatic rings. The molecule has 0 radical (unpaired) electrons. The SMILES string of the molecule is CON=C1CCC(C(F)(F)F)CC1. The molecule has 0 aromatic rings. The van der Waals surface area contributed by atoms with E-state index in [1.807, 2.05) is 0 Å². The number of oxime groups is 1. The smallest absolute Gasteiger partial charge is 0.391 e. The van der Waals surface area contributed by atoms with E-state index >= 15 is 0 Å². The highest BCUT2D eigenvalue weighted by atomic mass is 19.4. The Labute approximate surface area is 74.7 Å². The van der Waals surface area contributed by atoms with Gasteiger partial charge in [-0.1, -0.05) is 5.16 Å². The average Bonchev–Trinajstić information content (AvgIpc) is 2.04. The topological polar surface area (TPSA) is 21.6 Å². The van der Waals surface area contributed by atoms with E-state index in [0.29, 0.717) is 12.8 Å². The van der Waals surface area contributed by atoms with Gasteiger partial charge in [0, 0.05) is 0 Å². The van der Waals surface area contributed by atoms with E-state index in [-0.39, 0.29) is 12.8 Å². The van der Waals surface area contributed by atoms with Crippen molar-refractivity contribution in [3.63, 3.8) is 0 Å². The number of hydrogen-bond donors (Lipinski definition) is 0. The van der Waals surface area contributed by atoms with Crippen LogP contribution >= 0.6 is 0 Å². The minimum Gasteiger partial charge on any atom is -0.399 e. The zero-order chi connectivity index (χ0) is 9.90. The maximum Gasteiger partial charge on any atom is 0.391 e. The molecule has 5 heteroatoms. The van der Waals surface area contributed by atoms with E-state index in [1.54, 1.807) is 0 Å². The number of rotatable bonds is 1. The molecule has 0 spiro atoms. The zero-order valence-electron chi connectivity index (χ0n) is 7.40. The fourth-order valence-electron chi connectivity index (χ4n) is 1.50. The van der Waals surface area contributed by atoms with Crippen LogP contribution in [0.2, 0.25) is 0 Å². The monoisotopic (exact) mass is 195 g/mol. The Morgan fingerprint density at radius 1 is 1.31 bits per heavy atom. The molecule has 0 aromatic heterocycles. The number of hydrogen-bond acceptors (Lipinski definition) is 2. The number of nitrogens with zero attached hydrogens (tertiary/aromatic N) is 1. The Kier molecular flexibility index (Phi) is 3.17. The summed E-state index contributed by atoms with van der Waals surface area (Å²) < 4.78 is 36.5. The highest BCUT2D eigenvalue weighted by molar-refractivity contribution is 5.84. The third-order valence-electron chi connectivity index (χ3n) is 2.25. The van der Waals surface area contributed by atoms with E-state index in [1.165, 1.54) is 7.11 Å². The maximum absolute atomic E-state index is 12.2. The standard InChI is InChI=1S/C8H12F3NO/c1-13-12-7-4-2-6(3-5-7)8(9,10)11/h6H,2-5H2,1H3. The summed E-state index contributed by atoms with van der Waals surface area (Å²) in [5.74, 6) is -1.15. The highest BCUT2D eigenvalue weighted by Crippen LogP contribution is 2.36. The molecule has 0 N–H and O–H groups in total. The molecule has 0 aromatic carbocycles. The van der Waals surface area contributed by atoms with Crippen molar-refractivity contribution in [1.29, 1.82) is 0 Å². The van der Waals surface area contributed by atoms with Crippen molar-refractivity contribution < 1.29 is 18.0 Å². The van der Waals surface area contributed by atoms with Crippen molar-refractivity contribution in [1.82, 2.24) is 0 Å². The van der Waals surface area contributed by atoms with Gasteiger partial charge in [0.15, 0.2) is 0 Å². The molecule has 76 valence electrons. The van der Waals surface area contributed by atoms with Crippen LogP contribution in [-0.2, 0) is 4.84 Å². The van der Waals surface area contributed by atoms with Gasteiger partial charge in [0.25, 0.3) is 0 Å². The summed E-state index contributed by atoms with van der Waals surface area (Å²) in [7, 11) is 1.41. The van der Waals surface area contributed by atoms with Crippen molar-refractivity contribution in [2.75, 3.05) is 7.11 Å². The molecule has 0 atom stereocenters. The van der Waals surface area contributed by atoms with Crippen molar-refractivity contribution in [2.45, 2.75) is 31.9 Å². The number of halogens is 3. The Morgan fingerprint density at radius 2 is 1.85 bits per heavy atom. The van der Waals surface area contributed by atoms with Crippen LogP contribution in [0, 0.1) is 5.92 Å². The van der Waals surface area contributed by atoms with E-state index in [0.717, 1.165) is 5.71 Å². The lowest BCUT2D eigenvalue weighted by atomic mass is 9.87. The minimum absolute atomic E-state index is 0.145. The molecular weight excluding hydrogens is 183 g/mol. The van der Waals surface area contributed by atoms with Crippen LogP contribution in [0.3, 0.4) is 0 Å². The van der Waals surface area contributed by atoms with Crippen molar-refractivity contribution in [3.05, 3.63) is 0 Å². The van der Waals surface area contributed by atoms with Gasteiger partial charge in [-0.3, -0.25) is 0 Å². The van der Waals surface area contributed by atoms with Gasteiger partial charge in [-0.05, 0) is 25.7 Å². The lowest BCUT2D eigenvalue weighted by Gasteiger charge is -2.24. The average molecular weight is 195 g/mol. The summed E-state index contributed by atoms with van der Waals surface area (Å²) in [5.41, 5.74) is 0.739. The van der Waals surface area contributed by atoms with Crippen LogP contribution in [0.5, 0.6) is 0 Å². The van der Waals surface area contributed by atoms with Gasteiger partial charge >= 0.3 is 6.18 Å². The molecule has 0 saturated heterocycles. The van der Waals surface area contributed by atoms with E-state index in [9.17, 15) is 13.2 Å². The molecule has 0 unspecified atom stereocenters. The first-order valence-corrected chi connectivity index (χ1v) is 4.19. The molecule has 1 rings (SSSR count). The second-order valence-electron chi connectivity index (χ2n) is 3.16. The summed E-state index contributed by atoms with van der Waals surface area (Å²) in [6.07, 6.45) is -2.95. The summed E-state index contributed by atoms with van der Waals surface area (Å²) in [4.78, 5) is 4.51. The van der Waals surface area contributed by atoms with Crippen LogP contribution < -0.4 is 0 Å². The minimum atomic E-state index is -4.04. The summed E-state index contributed by atoms with van der Waals surface area (Å²) in [6.45, 7) is 0. The second-order valence-corrected chi connectivity index (χ2v) is 3.16. The van der Waals surface area contributed by atoms with E-state index < -0.39 is 12.1 Å². The molecule has 0 amide bonds. The van der Waals surface area contributed by atoms with Gasteiger partial charge in [-0.2, -0.15) is 13.2 Å². The van der Waals surface area contributed by atoms with E-state index in [4.69, 9.17) is 0 Å². The first kappa shape index (κ1) is 10.3. The Morgan fingerprint density at radius 3 is 2.23 bits per heavy atom. The largest absolute Gasteiger partial charge is 0.399 e. The van der Waals surface area contributed by atoms with Gasteiger partial charge < -0.3 is 4.84 Å². The highest BCUT2D eigenvalue weighted by Gasteiger charge is 2.40. The lowest BCUT2D eigenvalue weighted by Crippen LogP contribution is -2.27. The van der Waals surface area contributed by atoms with Gasteiger partial charge in [0.1, 0.15) is 7.11 Å². The van der Waals surface area contributed by atoms with Gasteiger partial charge in [0.2, 0.25) is 0 Å². The molecule has 2 nitrogen and oxygen atoms in total. The summed E-state index contributed by atoms with van der Waals surface area (Å²) >= 11 is 0. The second kappa shape index (κ2) is 3.98. The van der Waals surface area contributed by atoms with Crippen molar-refractivity contribution in [3.8, 4) is 0 Å². The van der Waals surface area contributed by atoms with E-state index in [2.05, 4.69) is 9.99 Å². The fourth-order valence-corrected chi connectivity index (χ4v) is 1.50. The Hall–Kier alpha value is -0.740. The fraction of sp³-hybridized carbons (Fsp3) is 0.875. The van der Waals surface area contributed by atoms with Crippen LogP contribution in [0.15, 0.2) is 5.16 Å². The van der Waals surface area contributed by atoms with Gasteiger partial charge in [-0.25, -0.2) is 0 Å². The van der Waals surface area contributed by atoms with Crippen LogP contribution in [0.25, 0.3) is 0 Å². The molecule has 1 saturated carbocycles. The Bertz CT molecular complexity index is 190. The maximum atomic E-state index is 12.2. The third kappa shape index (κ3) is 2.90. The lowest BCUT2D eigenvalue weighted by molar-refractivity contribution is -0.178. The molecule has 1 fully saturated rings. The molecule has 0 aliphatic heterocycles. The summed E-state index contributed by atoms with van der Waals surface area (Å²) in [6, 6.07) is 0. The van der Waals surface area contributed by atoms with Crippen molar-refractivity contribution in [2.24, 2.45) is 11.1 Å². The van der Waals surface area contributed by atoms with Gasteiger partial charge in [-0.15, -0.1) is 0 Å².